The summed E-state index contributed by atoms with van der Waals surface area (Å²) in [5.74, 6) is 0. The van der Waals surface area contributed by atoms with E-state index in [4.69, 9.17) is 16.6 Å². The molecule has 0 aliphatic carbocycles. The average Bonchev–Trinajstić information content (AvgIpc) is 2.06. The molecule has 0 bridgehead atoms. The van der Waals surface area contributed by atoms with Crippen LogP contribution in [0.2, 0.25) is 0 Å². The van der Waals surface area contributed by atoms with E-state index >= 15 is 0 Å². The van der Waals surface area contributed by atoms with Gasteiger partial charge in [-0.05, 0) is 40.3 Å². The van der Waals surface area contributed by atoms with E-state index in [0.29, 0.717) is 0 Å². The van der Waals surface area contributed by atoms with Crippen molar-refractivity contribution in [1.29, 1.82) is 0 Å². The standard InChI is InChI=1S/C8H3Br2NOS/c9-5-1-4-3-11-8(13)12-7(4)6(10)2-5/h1-3H. The van der Waals surface area contributed by atoms with E-state index in [2.05, 4.69) is 36.8 Å². The normalized spacial score (nSPS) is 10.6. The molecule has 13 heavy (non-hydrogen) atoms. The molecule has 0 saturated heterocycles. The molecule has 2 aromatic rings. The summed E-state index contributed by atoms with van der Waals surface area (Å²) < 4.78 is 7.12. The van der Waals surface area contributed by atoms with Gasteiger partial charge in [-0.1, -0.05) is 15.9 Å². The van der Waals surface area contributed by atoms with E-state index in [1.54, 1.807) is 6.20 Å². The van der Waals surface area contributed by atoms with Gasteiger partial charge >= 0.3 is 0 Å². The number of hydrogen-bond donors (Lipinski definition) is 0. The molecular weight excluding hydrogens is 318 g/mol. The maximum atomic E-state index is 5.28. The Morgan fingerprint density at radius 2 is 2.08 bits per heavy atom. The summed E-state index contributed by atoms with van der Waals surface area (Å²) in [7, 11) is 0. The second kappa shape index (κ2) is 3.48. The van der Waals surface area contributed by atoms with Crippen LogP contribution in [0.25, 0.3) is 11.0 Å². The van der Waals surface area contributed by atoms with Gasteiger partial charge in [-0.15, -0.1) is 0 Å². The lowest BCUT2D eigenvalue weighted by Gasteiger charge is -1.99. The smallest absolute Gasteiger partial charge is 0.288 e. The van der Waals surface area contributed by atoms with Gasteiger partial charge in [-0.2, -0.15) is 0 Å². The van der Waals surface area contributed by atoms with Crippen LogP contribution in [0.5, 0.6) is 0 Å². The minimum atomic E-state index is 0.246. The van der Waals surface area contributed by atoms with Gasteiger partial charge in [-0.25, -0.2) is 4.98 Å². The summed E-state index contributed by atoms with van der Waals surface area (Å²) in [5, 5.41) is 0.912. The van der Waals surface area contributed by atoms with E-state index in [-0.39, 0.29) is 4.84 Å². The number of aromatic nitrogens is 1. The van der Waals surface area contributed by atoms with Crippen molar-refractivity contribution in [2.24, 2.45) is 0 Å². The minimum absolute atomic E-state index is 0.246. The Morgan fingerprint density at radius 3 is 2.85 bits per heavy atom. The first-order valence-corrected chi connectivity index (χ1v) is 5.41. The Hall–Kier alpha value is -0.260. The molecule has 1 heterocycles. The molecule has 5 heteroatoms. The second-order valence-corrected chi connectivity index (χ2v) is 4.55. The van der Waals surface area contributed by atoms with Crippen LogP contribution >= 0.6 is 44.1 Å². The lowest BCUT2D eigenvalue weighted by atomic mass is 10.3. The zero-order valence-corrected chi connectivity index (χ0v) is 10.2. The van der Waals surface area contributed by atoms with Gasteiger partial charge in [-0.3, -0.25) is 0 Å². The van der Waals surface area contributed by atoms with Gasteiger partial charge in [0, 0.05) is 16.1 Å². The summed E-state index contributed by atoms with van der Waals surface area (Å²) in [4.78, 5) is 4.14. The summed E-state index contributed by atoms with van der Waals surface area (Å²) >= 11 is 11.6. The molecule has 0 saturated carbocycles. The Kier molecular flexibility index (Phi) is 2.49. The van der Waals surface area contributed by atoms with Crippen molar-refractivity contribution >= 4 is 55.0 Å². The molecule has 0 spiro atoms. The quantitative estimate of drug-likeness (QED) is 0.684. The lowest BCUT2D eigenvalue weighted by Crippen LogP contribution is -1.79. The highest BCUT2D eigenvalue weighted by Gasteiger charge is 2.02. The fraction of sp³-hybridized carbons (Fsp3) is 0. The molecule has 0 radical (unpaired) electrons. The van der Waals surface area contributed by atoms with Crippen LogP contribution in [0.15, 0.2) is 31.7 Å². The summed E-state index contributed by atoms with van der Waals surface area (Å²) in [6, 6.07) is 3.83. The molecule has 0 aliphatic heterocycles. The third-order valence-electron chi connectivity index (χ3n) is 1.54. The van der Waals surface area contributed by atoms with E-state index < -0.39 is 0 Å². The van der Waals surface area contributed by atoms with Crippen LogP contribution in [0.3, 0.4) is 0 Å². The topological polar surface area (TPSA) is 26.0 Å². The second-order valence-electron chi connectivity index (χ2n) is 2.43. The minimum Gasteiger partial charge on any atom is -0.428 e. The van der Waals surface area contributed by atoms with E-state index in [1.807, 2.05) is 12.1 Å². The molecule has 0 N–H and O–H groups in total. The fourth-order valence-corrected chi connectivity index (χ4v) is 2.49. The van der Waals surface area contributed by atoms with Crippen LogP contribution in [-0.4, -0.2) is 4.98 Å². The third-order valence-corrected chi connectivity index (χ3v) is 2.77. The number of hydrogen-bond acceptors (Lipinski definition) is 3. The van der Waals surface area contributed by atoms with Crippen molar-refractivity contribution in [3.05, 3.63) is 32.1 Å². The first kappa shape index (κ1) is 9.30. The fourth-order valence-electron chi connectivity index (χ4n) is 1.02. The van der Waals surface area contributed by atoms with Gasteiger partial charge in [0.05, 0.1) is 4.47 Å². The van der Waals surface area contributed by atoms with Crippen molar-refractivity contribution in [2.75, 3.05) is 0 Å². The largest absolute Gasteiger partial charge is 0.428 e. The lowest BCUT2D eigenvalue weighted by molar-refractivity contribution is 0.558. The Morgan fingerprint density at radius 1 is 1.31 bits per heavy atom. The van der Waals surface area contributed by atoms with Crippen LogP contribution in [0.1, 0.15) is 0 Å². The third kappa shape index (κ3) is 1.82. The molecule has 0 aliphatic rings. The van der Waals surface area contributed by atoms with Crippen molar-refractivity contribution in [2.45, 2.75) is 0 Å². The van der Waals surface area contributed by atoms with Crippen molar-refractivity contribution in [3.63, 3.8) is 0 Å². The van der Waals surface area contributed by atoms with Gasteiger partial charge in [0.2, 0.25) is 0 Å². The predicted molar refractivity (Wildman–Crippen MR) is 60.2 cm³/mol. The van der Waals surface area contributed by atoms with Crippen LogP contribution in [0.4, 0.5) is 0 Å². The number of halogens is 2. The first-order valence-electron chi connectivity index (χ1n) is 3.42. The first-order chi connectivity index (χ1) is 6.16. The monoisotopic (exact) mass is 319 g/mol. The molecule has 0 fully saturated rings. The summed E-state index contributed by atoms with van der Waals surface area (Å²) in [6.45, 7) is 0. The molecule has 2 nitrogen and oxygen atoms in total. The van der Waals surface area contributed by atoms with Crippen molar-refractivity contribution in [1.82, 2.24) is 4.98 Å². The Labute approximate surface area is 96.2 Å². The van der Waals surface area contributed by atoms with Crippen LogP contribution in [0, 0.1) is 4.84 Å². The number of rotatable bonds is 0. The Bertz CT molecular complexity index is 523. The molecule has 0 atom stereocenters. The molecule has 2 rings (SSSR count). The molecule has 1 aromatic heterocycles. The molecular formula is C8H3Br2NOS. The highest BCUT2D eigenvalue weighted by molar-refractivity contribution is 9.11. The molecule has 66 valence electrons. The van der Waals surface area contributed by atoms with E-state index in [0.717, 1.165) is 19.9 Å². The average molecular weight is 321 g/mol. The summed E-state index contributed by atoms with van der Waals surface area (Å²) in [5.41, 5.74) is 0.725. The zero-order valence-electron chi connectivity index (χ0n) is 6.25. The maximum absolute atomic E-state index is 5.28. The van der Waals surface area contributed by atoms with E-state index in [1.165, 1.54) is 0 Å². The van der Waals surface area contributed by atoms with Gasteiger partial charge in [0.1, 0.15) is 0 Å². The van der Waals surface area contributed by atoms with Crippen LogP contribution < -0.4 is 0 Å². The number of benzene rings is 1. The zero-order chi connectivity index (χ0) is 9.42. The molecule has 0 unspecified atom stereocenters. The van der Waals surface area contributed by atoms with Crippen LogP contribution in [-0.2, 0) is 0 Å². The van der Waals surface area contributed by atoms with Crippen molar-refractivity contribution < 1.29 is 4.42 Å². The predicted octanol–water partition coefficient (Wildman–Crippen LogP) is 4.08. The van der Waals surface area contributed by atoms with Gasteiger partial charge in [0.25, 0.3) is 4.84 Å². The highest BCUT2D eigenvalue weighted by Crippen LogP contribution is 2.27. The number of nitrogens with zero attached hydrogens (tertiary/aromatic N) is 1. The Balaban J connectivity index is 2.95. The maximum Gasteiger partial charge on any atom is 0.288 e. The van der Waals surface area contributed by atoms with Gasteiger partial charge in [0.15, 0.2) is 5.58 Å². The van der Waals surface area contributed by atoms with E-state index in [9.17, 15) is 0 Å². The van der Waals surface area contributed by atoms with Gasteiger partial charge < -0.3 is 4.42 Å². The molecule has 1 aromatic carbocycles. The van der Waals surface area contributed by atoms with Crippen molar-refractivity contribution in [3.8, 4) is 0 Å². The number of fused-ring (bicyclic) bond motifs is 1. The molecule has 0 amide bonds. The summed E-state index contributed by atoms with van der Waals surface area (Å²) in [6.07, 6.45) is 1.69. The SMILES string of the molecule is S=c1ncc2cc(Br)cc(Br)c2o1. The highest BCUT2D eigenvalue weighted by atomic mass is 79.9.